The van der Waals surface area contributed by atoms with Crippen LogP contribution < -0.4 is 0 Å². The molecule has 0 spiro atoms. The molecule has 0 saturated heterocycles. The summed E-state index contributed by atoms with van der Waals surface area (Å²) in [7, 11) is 0. The van der Waals surface area contributed by atoms with Crippen molar-refractivity contribution >= 4 is 11.9 Å². The van der Waals surface area contributed by atoms with E-state index >= 15 is 0 Å². The minimum absolute atomic E-state index is 0.111. The number of hydrogen-bond donors (Lipinski definition) is 2. The first-order valence-corrected chi connectivity index (χ1v) is 15.3. The van der Waals surface area contributed by atoms with Crippen molar-refractivity contribution in [2.75, 3.05) is 0 Å². The fraction of sp³-hybridized carbons (Fsp3) is 0.444. The van der Waals surface area contributed by atoms with E-state index in [1.54, 1.807) is 0 Å². The first-order valence-electron chi connectivity index (χ1n) is 15.3. The monoisotopic (exact) mass is 542 g/mol. The molecule has 0 unspecified atom stereocenters. The molecule has 214 valence electrons. The van der Waals surface area contributed by atoms with E-state index in [0.717, 1.165) is 36.8 Å². The summed E-state index contributed by atoms with van der Waals surface area (Å²) < 4.78 is 0. The molecule has 0 radical (unpaired) electrons. The Labute approximate surface area is 240 Å². The Hall–Kier alpha value is -3.40. The number of benzene rings is 3. The molecule has 0 aliphatic rings. The molecule has 0 fully saturated rings. The Kier molecular flexibility index (Phi) is 13.0. The van der Waals surface area contributed by atoms with Crippen molar-refractivity contribution in [1.29, 1.82) is 0 Å². The summed E-state index contributed by atoms with van der Waals surface area (Å²) in [5, 5.41) is 20.1. The van der Waals surface area contributed by atoms with E-state index < -0.39 is 11.9 Å². The van der Waals surface area contributed by atoms with E-state index in [2.05, 4.69) is 13.8 Å². The van der Waals surface area contributed by atoms with Crippen LogP contribution >= 0.6 is 0 Å². The van der Waals surface area contributed by atoms with Gasteiger partial charge >= 0.3 is 11.9 Å². The van der Waals surface area contributed by atoms with Gasteiger partial charge in [0.2, 0.25) is 0 Å². The molecule has 0 saturated carbocycles. The maximum Gasteiger partial charge on any atom is 0.336 e. The fourth-order valence-corrected chi connectivity index (χ4v) is 5.45. The van der Waals surface area contributed by atoms with Crippen LogP contribution in [0.15, 0.2) is 60.7 Å². The van der Waals surface area contributed by atoms with Crippen molar-refractivity contribution in [2.24, 2.45) is 0 Å². The minimum atomic E-state index is -1.07. The maximum absolute atomic E-state index is 12.3. The Bertz CT molecular complexity index is 1110. The van der Waals surface area contributed by atoms with Gasteiger partial charge in [0.25, 0.3) is 0 Å². The van der Waals surface area contributed by atoms with E-state index in [9.17, 15) is 19.8 Å². The zero-order valence-electron chi connectivity index (χ0n) is 24.4. The number of rotatable bonds is 18. The van der Waals surface area contributed by atoms with Crippen LogP contribution in [0, 0.1) is 0 Å². The number of unbranched alkanes of at least 4 members (excludes halogenated alkanes) is 10. The van der Waals surface area contributed by atoms with Gasteiger partial charge in [-0.15, -0.1) is 0 Å². The Morgan fingerprint density at radius 2 is 0.800 bits per heavy atom. The van der Waals surface area contributed by atoms with Crippen molar-refractivity contribution in [3.8, 4) is 22.3 Å². The second kappa shape index (κ2) is 16.6. The van der Waals surface area contributed by atoms with Crippen LogP contribution in [0.1, 0.15) is 123 Å². The fourth-order valence-electron chi connectivity index (χ4n) is 5.45. The molecule has 3 rings (SSSR count). The predicted molar refractivity (Wildman–Crippen MR) is 165 cm³/mol. The number of aromatic carboxylic acids is 2. The molecule has 0 heterocycles. The van der Waals surface area contributed by atoms with Gasteiger partial charge in [0.15, 0.2) is 0 Å². The lowest BCUT2D eigenvalue weighted by Crippen LogP contribution is -2.07. The van der Waals surface area contributed by atoms with Crippen LogP contribution in [0.4, 0.5) is 0 Å². The summed E-state index contributed by atoms with van der Waals surface area (Å²) in [6.07, 6.45) is 16.8. The molecule has 0 bridgehead atoms. The molecule has 0 aromatic heterocycles. The Balaban J connectivity index is 1.86. The second-order valence-corrected chi connectivity index (χ2v) is 11.0. The van der Waals surface area contributed by atoms with E-state index in [4.69, 9.17) is 0 Å². The maximum atomic E-state index is 12.3. The lowest BCUT2D eigenvalue weighted by Gasteiger charge is -2.17. The lowest BCUT2D eigenvalue weighted by molar-refractivity contribution is 0.0682. The highest BCUT2D eigenvalue weighted by atomic mass is 16.4. The third-order valence-corrected chi connectivity index (χ3v) is 7.79. The van der Waals surface area contributed by atoms with Crippen molar-refractivity contribution in [2.45, 2.75) is 104 Å². The summed E-state index contributed by atoms with van der Waals surface area (Å²) in [5.41, 5.74) is 5.01. The molecular weight excluding hydrogens is 496 g/mol. The first-order chi connectivity index (χ1) is 19.5. The lowest BCUT2D eigenvalue weighted by atomic mass is 9.86. The molecule has 0 amide bonds. The largest absolute Gasteiger partial charge is 0.478 e. The number of carbonyl (C=O) groups is 2. The van der Waals surface area contributed by atoms with Crippen LogP contribution in [0.3, 0.4) is 0 Å². The van der Waals surface area contributed by atoms with Crippen molar-refractivity contribution in [1.82, 2.24) is 0 Å². The van der Waals surface area contributed by atoms with Gasteiger partial charge < -0.3 is 10.2 Å². The molecule has 0 atom stereocenters. The highest BCUT2D eigenvalue weighted by molar-refractivity contribution is 6.08. The average Bonchev–Trinajstić information content (AvgIpc) is 2.96. The summed E-state index contributed by atoms with van der Waals surface area (Å²) in [6.45, 7) is 4.45. The third-order valence-electron chi connectivity index (χ3n) is 7.79. The van der Waals surface area contributed by atoms with Crippen molar-refractivity contribution in [3.05, 3.63) is 82.9 Å². The molecule has 0 aliphatic carbocycles. The van der Waals surface area contributed by atoms with Crippen LogP contribution in [-0.4, -0.2) is 22.2 Å². The summed E-state index contributed by atoms with van der Waals surface area (Å²) in [4.78, 5) is 24.6. The van der Waals surface area contributed by atoms with E-state index in [-0.39, 0.29) is 11.1 Å². The molecular formula is C36H46O4. The molecule has 3 aromatic rings. The van der Waals surface area contributed by atoms with E-state index in [1.807, 2.05) is 48.5 Å². The van der Waals surface area contributed by atoms with Gasteiger partial charge in [-0.1, -0.05) is 127 Å². The van der Waals surface area contributed by atoms with Crippen molar-refractivity contribution in [3.63, 3.8) is 0 Å². The first kappa shape index (κ1) is 31.1. The third kappa shape index (κ3) is 9.08. The number of carboxylic acids is 2. The Morgan fingerprint density at radius 3 is 1.12 bits per heavy atom. The highest BCUT2D eigenvalue weighted by Gasteiger charge is 2.23. The minimum Gasteiger partial charge on any atom is -0.478 e. The van der Waals surface area contributed by atoms with E-state index in [1.165, 1.54) is 87.5 Å². The van der Waals surface area contributed by atoms with Crippen LogP contribution in [0.5, 0.6) is 0 Å². The molecule has 4 nitrogen and oxygen atoms in total. The summed E-state index contributed by atoms with van der Waals surface area (Å²) in [6, 6.07) is 18.8. The zero-order chi connectivity index (χ0) is 28.7. The quantitative estimate of drug-likeness (QED) is 0.157. The SMILES string of the molecule is CCCCCCCCc1ccc(-c2c(C(=O)O)ccc(C(=O)O)c2-c2ccc(CCCCCCCC)cc2)cc1. The van der Waals surface area contributed by atoms with Crippen LogP contribution in [0.2, 0.25) is 0 Å². The van der Waals surface area contributed by atoms with Gasteiger partial charge in [0.1, 0.15) is 0 Å². The Morgan fingerprint density at radius 1 is 0.475 bits per heavy atom. The van der Waals surface area contributed by atoms with Gasteiger partial charge in [-0.2, -0.15) is 0 Å². The smallest absolute Gasteiger partial charge is 0.336 e. The molecule has 3 aromatic carbocycles. The normalized spacial score (nSPS) is 11.1. The summed E-state index contributed by atoms with van der Waals surface area (Å²) in [5.74, 6) is -2.13. The van der Waals surface area contributed by atoms with E-state index in [0.29, 0.717) is 11.1 Å². The average molecular weight is 543 g/mol. The van der Waals surface area contributed by atoms with Crippen molar-refractivity contribution < 1.29 is 19.8 Å². The molecule has 40 heavy (non-hydrogen) atoms. The number of hydrogen-bond acceptors (Lipinski definition) is 2. The number of carboxylic acid groups (broad SMARTS) is 2. The van der Waals surface area contributed by atoms with Crippen LogP contribution in [-0.2, 0) is 12.8 Å². The van der Waals surface area contributed by atoms with Gasteiger partial charge in [0, 0.05) is 11.1 Å². The standard InChI is InChI=1S/C36H46O4/c1-3-5-7-9-11-13-15-27-17-21-29(22-18-27)33-31(35(37)38)25-26-32(36(39)40)34(33)30-23-19-28(20-24-30)16-14-12-10-8-6-4-2/h17-26H,3-16H2,1-2H3,(H,37,38)(H,39,40). The van der Waals surface area contributed by atoms with Gasteiger partial charge in [-0.25, -0.2) is 9.59 Å². The second-order valence-electron chi connectivity index (χ2n) is 11.0. The molecule has 2 N–H and O–H groups in total. The van der Waals surface area contributed by atoms with Gasteiger partial charge in [-0.3, -0.25) is 0 Å². The highest BCUT2D eigenvalue weighted by Crippen LogP contribution is 2.38. The topological polar surface area (TPSA) is 74.6 Å². The molecule has 0 aliphatic heterocycles. The van der Waals surface area contributed by atoms with Gasteiger partial charge in [-0.05, 0) is 60.1 Å². The zero-order valence-corrected chi connectivity index (χ0v) is 24.4. The molecule has 4 heteroatoms. The number of aryl methyl sites for hydroxylation is 2. The predicted octanol–water partition coefficient (Wildman–Crippen LogP) is 10.2. The summed E-state index contributed by atoms with van der Waals surface area (Å²) >= 11 is 0. The van der Waals surface area contributed by atoms with Crippen LogP contribution in [0.25, 0.3) is 22.3 Å². The van der Waals surface area contributed by atoms with Gasteiger partial charge in [0.05, 0.1) is 11.1 Å².